The van der Waals surface area contributed by atoms with Gasteiger partial charge < -0.3 is 16.8 Å². The van der Waals surface area contributed by atoms with Gasteiger partial charge in [0, 0.05) is 5.69 Å². The monoisotopic (exact) mass is 280 g/mol. The third kappa shape index (κ3) is 3.81. The van der Waals surface area contributed by atoms with E-state index in [0.717, 1.165) is 6.07 Å². The molecule has 0 heterocycles. The summed E-state index contributed by atoms with van der Waals surface area (Å²) < 4.78 is 37.5. The molecular formula is C9H8ClF3N4O. The van der Waals surface area contributed by atoms with Crippen molar-refractivity contribution in [3.8, 4) is 0 Å². The number of alkyl halides is 3. The smallest absolute Gasteiger partial charge is 0.370 e. The molecule has 0 spiro atoms. The van der Waals surface area contributed by atoms with E-state index in [1.807, 2.05) is 0 Å². The average molecular weight is 281 g/mol. The van der Waals surface area contributed by atoms with E-state index in [9.17, 15) is 18.0 Å². The Kier molecular flexibility index (Phi) is 4.02. The zero-order chi connectivity index (χ0) is 13.9. The number of anilines is 1. The minimum Gasteiger partial charge on any atom is -0.370 e. The van der Waals surface area contributed by atoms with E-state index in [1.165, 1.54) is 6.07 Å². The maximum absolute atomic E-state index is 12.5. The highest BCUT2D eigenvalue weighted by Gasteiger charge is 2.33. The topological polar surface area (TPSA) is 93.5 Å². The van der Waals surface area contributed by atoms with Crippen molar-refractivity contribution in [1.29, 1.82) is 0 Å². The van der Waals surface area contributed by atoms with Crippen LogP contribution in [-0.4, -0.2) is 12.0 Å². The van der Waals surface area contributed by atoms with Crippen molar-refractivity contribution in [3.63, 3.8) is 0 Å². The van der Waals surface area contributed by atoms with Gasteiger partial charge in [-0.15, -0.1) is 0 Å². The van der Waals surface area contributed by atoms with Crippen LogP contribution < -0.4 is 16.8 Å². The molecule has 5 nitrogen and oxygen atoms in total. The highest BCUT2D eigenvalue weighted by molar-refractivity contribution is 6.31. The van der Waals surface area contributed by atoms with E-state index in [2.05, 4.69) is 10.3 Å². The van der Waals surface area contributed by atoms with Crippen LogP contribution in [0, 0.1) is 0 Å². The van der Waals surface area contributed by atoms with Gasteiger partial charge in [-0.3, -0.25) is 0 Å². The van der Waals surface area contributed by atoms with E-state index in [4.69, 9.17) is 23.1 Å². The Labute approximate surface area is 105 Å². The second-order valence-corrected chi connectivity index (χ2v) is 3.57. The SMILES string of the molecule is NC(N)=NC(=O)Nc1ccc(Cl)c(C(F)(F)F)c1. The number of benzene rings is 1. The normalized spacial score (nSPS) is 10.9. The van der Waals surface area contributed by atoms with Gasteiger partial charge in [0.05, 0.1) is 10.6 Å². The number of guanidine groups is 1. The molecule has 0 bridgehead atoms. The molecule has 0 aliphatic heterocycles. The summed E-state index contributed by atoms with van der Waals surface area (Å²) in [5.74, 6) is -0.502. The summed E-state index contributed by atoms with van der Waals surface area (Å²) in [5.41, 5.74) is 8.69. The molecular weight excluding hydrogens is 273 g/mol. The van der Waals surface area contributed by atoms with Crippen molar-refractivity contribution >= 4 is 29.3 Å². The number of carbonyl (C=O) groups is 1. The molecule has 1 aromatic rings. The zero-order valence-corrected chi connectivity index (χ0v) is 9.51. The van der Waals surface area contributed by atoms with Gasteiger partial charge in [0.15, 0.2) is 5.96 Å². The van der Waals surface area contributed by atoms with Crippen molar-refractivity contribution < 1.29 is 18.0 Å². The Morgan fingerprint density at radius 3 is 2.44 bits per heavy atom. The highest BCUT2D eigenvalue weighted by atomic mass is 35.5. The molecule has 0 atom stereocenters. The predicted molar refractivity (Wildman–Crippen MR) is 61.3 cm³/mol. The number of halogens is 4. The Hall–Kier alpha value is -1.96. The molecule has 0 saturated heterocycles. The van der Waals surface area contributed by atoms with Crippen LogP contribution in [0.1, 0.15) is 5.56 Å². The number of aliphatic imine (C=N–C) groups is 1. The fraction of sp³-hybridized carbons (Fsp3) is 0.111. The number of rotatable bonds is 1. The van der Waals surface area contributed by atoms with Crippen molar-refractivity contribution in [1.82, 2.24) is 0 Å². The lowest BCUT2D eigenvalue weighted by Crippen LogP contribution is -2.25. The van der Waals surface area contributed by atoms with Gasteiger partial charge in [-0.1, -0.05) is 11.6 Å². The summed E-state index contributed by atoms with van der Waals surface area (Å²) in [4.78, 5) is 14.2. The lowest BCUT2D eigenvalue weighted by molar-refractivity contribution is -0.137. The van der Waals surface area contributed by atoms with Crippen molar-refractivity contribution in [2.75, 3.05) is 5.32 Å². The first-order chi connectivity index (χ1) is 8.20. The minimum absolute atomic E-state index is 0.123. The standard InChI is InChI=1S/C9H8ClF3N4O/c10-6-2-1-4(3-5(6)9(11,12)13)16-8(18)17-7(14)15/h1-3H,(H5,14,15,16,17,18). The van der Waals surface area contributed by atoms with Crippen LogP contribution in [0.15, 0.2) is 23.2 Å². The average Bonchev–Trinajstić information content (AvgIpc) is 2.17. The van der Waals surface area contributed by atoms with Gasteiger partial charge in [-0.2, -0.15) is 18.2 Å². The largest absolute Gasteiger partial charge is 0.417 e. The molecule has 0 unspecified atom stereocenters. The third-order valence-electron chi connectivity index (χ3n) is 1.75. The predicted octanol–water partition coefficient (Wildman–Crippen LogP) is 2.16. The second-order valence-electron chi connectivity index (χ2n) is 3.16. The summed E-state index contributed by atoms with van der Waals surface area (Å²) in [6.45, 7) is 0. The van der Waals surface area contributed by atoms with Gasteiger partial charge in [-0.25, -0.2) is 4.79 Å². The van der Waals surface area contributed by atoms with E-state index in [0.29, 0.717) is 6.07 Å². The van der Waals surface area contributed by atoms with Crippen molar-refractivity contribution in [2.45, 2.75) is 6.18 Å². The van der Waals surface area contributed by atoms with E-state index in [1.54, 1.807) is 0 Å². The lowest BCUT2D eigenvalue weighted by Gasteiger charge is -2.10. The number of amides is 2. The zero-order valence-electron chi connectivity index (χ0n) is 8.75. The first kappa shape index (κ1) is 14.1. The van der Waals surface area contributed by atoms with E-state index < -0.39 is 28.8 Å². The van der Waals surface area contributed by atoms with Crippen LogP contribution in [0.2, 0.25) is 5.02 Å². The molecule has 0 radical (unpaired) electrons. The van der Waals surface area contributed by atoms with Gasteiger partial charge in [0.25, 0.3) is 0 Å². The molecule has 0 aromatic heterocycles. The molecule has 1 aromatic carbocycles. The maximum atomic E-state index is 12.5. The third-order valence-corrected chi connectivity index (χ3v) is 2.08. The summed E-state index contributed by atoms with van der Waals surface area (Å²) >= 11 is 5.40. The Morgan fingerprint density at radius 2 is 1.94 bits per heavy atom. The molecule has 18 heavy (non-hydrogen) atoms. The van der Waals surface area contributed by atoms with Crippen molar-refractivity contribution in [3.05, 3.63) is 28.8 Å². The van der Waals surface area contributed by atoms with Gasteiger partial charge >= 0.3 is 12.2 Å². The number of nitrogens with two attached hydrogens (primary N) is 2. The maximum Gasteiger partial charge on any atom is 0.417 e. The molecule has 0 aliphatic rings. The quantitative estimate of drug-likeness (QED) is 0.543. The minimum atomic E-state index is -4.62. The number of hydrogen-bond acceptors (Lipinski definition) is 1. The van der Waals surface area contributed by atoms with Crippen LogP contribution >= 0.6 is 11.6 Å². The number of hydrogen-bond donors (Lipinski definition) is 3. The van der Waals surface area contributed by atoms with Crippen LogP contribution in [-0.2, 0) is 6.18 Å². The first-order valence-electron chi connectivity index (χ1n) is 4.47. The van der Waals surface area contributed by atoms with Gasteiger partial charge in [0.2, 0.25) is 0 Å². The molecule has 0 saturated carbocycles. The van der Waals surface area contributed by atoms with Crippen molar-refractivity contribution in [2.24, 2.45) is 16.5 Å². The van der Waals surface area contributed by atoms with Crippen LogP contribution in [0.4, 0.5) is 23.7 Å². The van der Waals surface area contributed by atoms with Crippen LogP contribution in [0.25, 0.3) is 0 Å². The van der Waals surface area contributed by atoms with E-state index in [-0.39, 0.29) is 5.69 Å². The van der Waals surface area contributed by atoms with Crippen LogP contribution in [0.3, 0.4) is 0 Å². The Morgan fingerprint density at radius 1 is 1.33 bits per heavy atom. The van der Waals surface area contributed by atoms with Gasteiger partial charge in [-0.05, 0) is 18.2 Å². The van der Waals surface area contributed by atoms with Gasteiger partial charge in [0.1, 0.15) is 0 Å². The summed E-state index contributed by atoms with van der Waals surface area (Å²) in [6.07, 6.45) is -4.62. The molecule has 0 aliphatic carbocycles. The molecule has 0 fully saturated rings. The van der Waals surface area contributed by atoms with Crippen LogP contribution in [0.5, 0.6) is 0 Å². The summed E-state index contributed by atoms with van der Waals surface area (Å²) in [6, 6.07) is 1.90. The lowest BCUT2D eigenvalue weighted by atomic mass is 10.2. The Bertz CT molecular complexity index is 497. The molecule has 9 heteroatoms. The number of urea groups is 1. The first-order valence-corrected chi connectivity index (χ1v) is 4.85. The number of nitrogens with one attached hydrogen (secondary N) is 1. The Balaban J connectivity index is 3.00. The fourth-order valence-electron chi connectivity index (χ4n) is 1.09. The fourth-order valence-corrected chi connectivity index (χ4v) is 1.31. The molecule has 98 valence electrons. The molecule has 2 amide bonds. The van der Waals surface area contributed by atoms with E-state index >= 15 is 0 Å². The number of carbonyl (C=O) groups excluding carboxylic acids is 1. The molecule has 5 N–H and O–H groups in total. The highest BCUT2D eigenvalue weighted by Crippen LogP contribution is 2.36. The second kappa shape index (κ2) is 5.13. The summed E-state index contributed by atoms with van der Waals surface area (Å²) in [5, 5.41) is 1.60. The number of nitrogens with zero attached hydrogens (tertiary/aromatic N) is 1. The molecule has 1 rings (SSSR count). The summed E-state index contributed by atoms with van der Waals surface area (Å²) in [7, 11) is 0.